The number of fused-ring (bicyclic) bond motifs is 1. The largest absolute Gasteiger partial charge is 0.462 e. The first-order chi connectivity index (χ1) is 16.6. The molecule has 1 fully saturated rings. The summed E-state index contributed by atoms with van der Waals surface area (Å²) in [7, 11) is -3.62. The third-order valence-electron chi connectivity index (χ3n) is 6.81. The van der Waals surface area contributed by atoms with E-state index < -0.39 is 16.0 Å². The molecule has 0 spiro atoms. The molecule has 1 N–H and O–H groups in total. The number of anilines is 1. The number of hydrogen-bond donors (Lipinski definition) is 1. The summed E-state index contributed by atoms with van der Waals surface area (Å²) in [6.07, 6.45) is 3.68. The van der Waals surface area contributed by atoms with E-state index in [0.717, 1.165) is 36.1 Å². The lowest BCUT2D eigenvalue weighted by Crippen LogP contribution is -2.42. The Morgan fingerprint density at radius 2 is 1.74 bits per heavy atom. The number of carbonyl (C=O) groups is 2. The minimum absolute atomic E-state index is 0.183. The highest BCUT2D eigenvalue weighted by Crippen LogP contribution is 2.40. The van der Waals surface area contributed by atoms with Gasteiger partial charge >= 0.3 is 5.97 Å². The van der Waals surface area contributed by atoms with Gasteiger partial charge in [-0.1, -0.05) is 20.8 Å². The van der Waals surface area contributed by atoms with Crippen LogP contribution in [0.5, 0.6) is 0 Å². The summed E-state index contributed by atoms with van der Waals surface area (Å²) >= 11 is 1.43. The molecule has 1 saturated heterocycles. The Labute approximate surface area is 211 Å². The molecule has 2 heterocycles. The third kappa shape index (κ3) is 5.47. The average molecular weight is 519 g/mol. The molecule has 1 aromatic heterocycles. The molecular weight excluding hydrogens is 484 g/mol. The van der Waals surface area contributed by atoms with Crippen molar-refractivity contribution in [1.82, 2.24) is 4.31 Å². The molecule has 2 aromatic rings. The third-order valence-corrected chi connectivity index (χ3v) is 9.82. The second-order valence-electron chi connectivity index (χ2n) is 10.0. The highest BCUT2D eigenvalue weighted by molar-refractivity contribution is 7.89. The van der Waals surface area contributed by atoms with Gasteiger partial charge in [-0.25, -0.2) is 13.2 Å². The summed E-state index contributed by atoms with van der Waals surface area (Å²) in [6.45, 7) is 9.36. The highest BCUT2D eigenvalue weighted by Gasteiger charge is 2.32. The number of nitrogens with one attached hydrogen (secondary N) is 1. The lowest BCUT2D eigenvalue weighted by Gasteiger charge is -2.34. The van der Waals surface area contributed by atoms with Gasteiger partial charge in [-0.15, -0.1) is 11.3 Å². The predicted octanol–water partition coefficient (Wildman–Crippen LogP) is 4.97. The van der Waals surface area contributed by atoms with Crippen molar-refractivity contribution in [3.8, 4) is 0 Å². The summed E-state index contributed by atoms with van der Waals surface area (Å²) in [5.41, 5.74) is 1.77. The van der Waals surface area contributed by atoms with E-state index in [2.05, 4.69) is 26.1 Å². The van der Waals surface area contributed by atoms with Crippen molar-refractivity contribution < 1.29 is 22.7 Å². The van der Waals surface area contributed by atoms with Crippen molar-refractivity contribution in [1.29, 1.82) is 0 Å². The SMILES string of the molecule is CCOC(=O)c1c(NC(=O)c2ccc(S(=O)(=O)N3C[C@H](C)C[C@@H](C)C3)cc2)sc2c1CC[C@H](C)C2. The Morgan fingerprint density at radius 3 is 2.37 bits per heavy atom. The lowest BCUT2D eigenvalue weighted by molar-refractivity contribution is 0.0526. The van der Waals surface area contributed by atoms with Crippen LogP contribution in [0.3, 0.4) is 0 Å². The van der Waals surface area contributed by atoms with E-state index in [-0.39, 0.29) is 17.4 Å². The molecule has 0 unspecified atom stereocenters. The van der Waals surface area contributed by atoms with Gasteiger partial charge in [0.1, 0.15) is 5.00 Å². The normalized spacial score (nSPS) is 22.9. The first-order valence-corrected chi connectivity index (χ1v) is 14.6. The molecule has 1 amide bonds. The van der Waals surface area contributed by atoms with E-state index in [9.17, 15) is 18.0 Å². The number of rotatable bonds is 6. The number of esters is 1. The van der Waals surface area contributed by atoms with Crippen molar-refractivity contribution in [3.05, 3.63) is 45.8 Å². The fourth-order valence-corrected chi connectivity index (χ4v) is 8.24. The van der Waals surface area contributed by atoms with E-state index >= 15 is 0 Å². The molecule has 0 radical (unpaired) electrons. The van der Waals surface area contributed by atoms with Gasteiger partial charge < -0.3 is 10.1 Å². The summed E-state index contributed by atoms with van der Waals surface area (Å²) in [5, 5.41) is 3.39. The monoisotopic (exact) mass is 518 g/mol. The van der Waals surface area contributed by atoms with Crippen molar-refractivity contribution in [2.75, 3.05) is 25.0 Å². The molecule has 4 rings (SSSR count). The van der Waals surface area contributed by atoms with Crippen molar-refractivity contribution >= 4 is 38.2 Å². The quantitative estimate of drug-likeness (QED) is 0.545. The Morgan fingerprint density at radius 1 is 1.09 bits per heavy atom. The predicted molar refractivity (Wildman–Crippen MR) is 138 cm³/mol. The molecule has 0 bridgehead atoms. The van der Waals surface area contributed by atoms with Gasteiger partial charge in [-0.3, -0.25) is 4.79 Å². The number of benzene rings is 1. The maximum absolute atomic E-state index is 13.1. The first kappa shape index (κ1) is 25.9. The zero-order valence-electron chi connectivity index (χ0n) is 20.8. The van der Waals surface area contributed by atoms with Crippen molar-refractivity contribution in [2.45, 2.75) is 58.3 Å². The molecule has 1 aliphatic carbocycles. The molecule has 1 aliphatic heterocycles. The molecule has 9 heteroatoms. The molecule has 0 saturated carbocycles. The minimum Gasteiger partial charge on any atom is -0.462 e. The Kier molecular flexibility index (Phi) is 7.68. The van der Waals surface area contributed by atoms with Gasteiger partial charge in [0.05, 0.1) is 17.1 Å². The van der Waals surface area contributed by atoms with E-state index in [1.165, 1.54) is 35.6 Å². The van der Waals surface area contributed by atoms with Gasteiger partial charge in [0, 0.05) is 23.5 Å². The molecule has 35 heavy (non-hydrogen) atoms. The number of thiophene rings is 1. The highest BCUT2D eigenvalue weighted by atomic mass is 32.2. The van der Waals surface area contributed by atoms with Crippen LogP contribution in [-0.2, 0) is 27.6 Å². The topological polar surface area (TPSA) is 92.8 Å². The molecule has 2 aliphatic rings. The fourth-order valence-electron chi connectivity index (χ4n) is 5.16. The number of carbonyl (C=O) groups excluding carboxylic acids is 2. The van der Waals surface area contributed by atoms with Crippen LogP contribution in [0.1, 0.15) is 71.7 Å². The van der Waals surface area contributed by atoms with Crippen LogP contribution in [-0.4, -0.2) is 44.3 Å². The maximum atomic E-state index is 13.1. The number of hydrogen-bond acceptors (Lipinski definition) is 6. The number of amides is 1. The molecule has 3 atom stereocenters. The number of nitrogens with zero attached hydrogens (tertiary/aromatic N) is 1. The molecule has 1 aromatic carbocycles. The van der Waals surface area contributed by atoms with Crippen molar-refractivity contribution in [2.24, 2.45) is 17.8 Å². The first-order valence-electron chi connectivity index (χ1n) is 12.3. The van der Waals surface area contributed by atoms with Crippen LogP contribution in [0.2, 0.25) is 0 Å². The Balaban J connectivity index is 1.55. The van der Waals surface area contributed by atoms with Crippen LogP contribution < -0.4 is 5.32 Å². The minimum atomic E-state index is -3.62. The molecule has 190 valence electrons. The van der Waals surface area contributed by atoms with E-state index in [1.807, 2.05) is 0 Å². The van der Waals surface area contributed by atoms with Crippen LogP contribution in [0, 0.1) is 17.8 Å². The maximum Gasteiger partial charge on any atom is 0.341 e. The second kappa shape index (κ2) is 10.4. The Bertz CT molecular complexity index is 1190. The zero-order valence-corrected chi connectivity index (χ0v) is 22.4. The zero-order chi connectivity index (χ0) is 25.3. The van der Waals surface area contributed by atoms with Gasteiger partial charge in [0.25, 0.3) is 5.91 Å². The van der Waals surface area contributed by atoms with E-state index in [4.69, 9.17) is 4.74 Å². The number of piperidine rings is 1. The molecular formula is C26H34N2O5S2. The number of sulfonamides is 1. The van der Waals surface area contributed by atoms with Gasteiger partial charge in [-0.2, -0.15) is 4.31 Å². The lowest BCUT2D eigenvalue weighted by atomic mass is 9.88. The number of ether oxygens (including phenoxy) is 1. The molecule has 7 nitrogen and oxygen atoms in total. The van der Waals surface area contributed by atoms with Crippen LogP contribution in [0.15, 0.2) is 29.2 Å². The van der Waals surface area contributed by atoms with Crippen LogP contribution in [0.25, 0.3) is 0 Å². The summed E-state index contributed by atoms with van der Waals surface area (Å²) < 4.78 is 33.1. The Hall–Kier alpha value is -2.23. The van der Waals surface area contributed by atoms with Gasteiger partial charge in [0.15, 0.2) is 0 Å². The summed E-state index contributed by atoms with van der Waals surface area (Å²) in [6, 6.07) is 6.03. The van der Waals surface area contributed by atoms with Crippen LogP contribution in [0.4, 0.5) is 5.00 Å². The van der Waals surface area contributed by atoms with E-state index in [0.29, 0.717) is 47.0 Å². The average Bonchev–Trinajstić information content (AvgIpc) is 3.15. The van der Waals surface area contributed by atoms with E-state index in [1.54, 1.807) is 11.2 Å². The standard InChI is InChI=1S/C26H34N2O5S2/c1-5-33-26(30)23-21-11-6-16(2)13-22(21)34-25(23)27-24(29)19-7-9-20(10-8-19)35(31,32)28-14-17(3)12-18(4)15-28/h7-10,16-18H,5-6,11-15H2,1-4H3,(H,27,29)/t16-,17+,18+/m0/s1. The van der Waals surface area contributed by atoms with Crippen LogP contribution >= 0.6 is 11.3 Å². The summed E-state index contributed by atoms with van der Waals surface area (Å²) in [5.74, 6) is 0.353. The second-order valence-corrected chi connectivity index (χ2v) is 13.1. The summed E-state index contributed by atoms with van der Waals surface area (Å²) in [4.78, 5) is 27.1. The van der Waals surface area contributed by atoms with Gasteiger partial charge in [-0.05, 0) is 80.2 Å². The van der Waals surface area contributed by atoms with Gasteiger partial charge in [0.2, 0.25) is 10.0 Å². The fraction of sp³-hybridized carbons (Fsp3) is 0.538. The smallest absolute Gasteiger partial charge is 0.341 e. The van der Waals surface area contributed by atoms with Crippen molar-refractivity contribution in [3.63, 3.8) is 0 Å².